The van der Waals surface area contributed by atoms with Crippen molar-refractivity contribution in [2.75, 3.05) is 18.5 Å². The molecule has 144 valence electrons. The highest BCUT2D eigenvalue weighted by Gasteiger charge is 2.26. The van der Waals surface area contributed by atoms with Crippen molar-refractivity contribution in [2.24, 2.45) is 5.92 Å². The minimum absolute atomic E-state index is 0.215. The topological polar surface area (TPSA) is 88.8 Å². The number of benzene rings is 1. The molecule has 0 spiro atoms. The molecule has 0 aliphatic carbocycles. The number of nitrogens with one attached hydrogen (secondary N) is 1. The summed E-state index contributed by atoms with van der Waals surface area (Å²) in [5.41, 5.74) is 3.67. The van der Waals surface area contributed by atoms with Gasteiger partial charge in [0.05, 0.1) is 19.3 Å². The molecule has 3 heterocycles. The number of anilines is 1. The van der Waals surface area contributed by atoms with Crippen molar-refractivity contribution in [3.63, 3.8) is 0 Å². The van der Waals surface area contributed by atoms with E-state index in [-0.39, 0.29) is 11.8 Å². The maximum Gasteiger partial charge on any atom is 0.277 e. The number of rotatable bonds is 3. The molecule has 1 aliphatic rings. The minimum Gasteiger partial charge on any atom is -0.322 e. The number of fused-ring (bicyclic) bond motifs is 1. The van der Waals surface area contributed by atoms with Gasteiger partial charge in [-0.3, -0.25) is 14.4 Å². The number of aryl methyl sites for hydroxylation is 2. The smallest absolute Gasteiger partial charge is 0.277 e. The van der Waals surface area contributed by atoms with Crippen LogP contribution in [0.2, 0.25) is 0 Å². The van der Waals surface area contributed by atoms with E-state index in [1.807, 2.05) is 20.8 Å². The molecule has 1 N–H and O–H groups in total. The van der Waals surface area contributed by atoms with E-state index in [2.05, 4.69) is 15.4 Å². The third-order valence-electron chi connectivity index (χ3n) is 4.68. The van der Waals surface area contributed by atoms with Gasteiger partial charge in [0, 0.05) is 29.6 Å². The third kappa shape index (κ3) is 3.34. The summed E-state index contributed by atoms with van der Waals surface area (Å²) in [4.78, 5) is 35.1. The van der Waals surface area contributed by atoms with Gasteiger partial charge in [-0.15, -0.1) is 0 Å². The zero-order chi connectivity index (χ0) is 19.8. The zero-order valence-electron chi connectivity index (χ0n) is 16.0. The largest absolute Gasteiger partial charge is 0.322 e. The van der Waals surface area contributed by atoms with Crippen molar-refractivity contribution in [2.45, 2.75) is 20.8 Å². The van der Waals surface area contributed by atoms with Crippen molar-refractivity contribution >= 4 is 23.1 Å². The van der Waals surface area contributed by atoms with E-state index in [0.29, 0.717) is 41.5 Å². The Bertz CT molecular complexity index is 1070. The Morgan fingerprint density at radius 1 is 1.25 bits per heavy atom. The Hall–Kier alpha value is -3.26. The van der Waals surface area contributed by atoms with E-state index in [4.69, 9.17) is 4.84 Å². The maximum absolute atomic E-state index is 12.8. The van der Waals surface area contributed by atoms with E-state index in [1.54, 1.807) is 35.1 Å². The first-order valence-corrected chi connectivity index (χ1v) is 9.09. The molecule has 1 atom stereocenters. The predicted molar refractivity (Wildman–Crippen MR) is 103 cm³/mol. The fraction of sp³-hybridized carbons (Fsp3) is 0.300. The molecule has 0 bridgehead atoms. The zero-order valence-corrected chi connectivity index (χ0v) is 16.0. The van der Waals surface area contributed by atoms with Gasteiger partial charge >= 0.3 is 0 Å². The summed E-state index contributed by atoms with van der Waals surface area (Å²) in [7, 11) is 0. The first kappa shape index (κ1) is 18.1. The summed E-state index contributed by atoms with van der Waals surface area (Å²) >= 11 is 0. The Morgan fingerprint density at radius 3 is 2.82 bits per heavy atom. The van der Waals surface area contributed by atoms with Crippen LogP contribution >= 0.6 is 0 Å². The molecule has 0 radical (unpaired) electrons. The first-order valence-electron chi connectivity index (χ1n) is 9.09. The molecule has 1 unspecified atom stereocenters. The molecule has 4 rings (SSSR count). The quantitative estimate of drug-likeness (QED) is 0.756. The Balaban J connectivity index is 1.58. The van der Waals surface area contributed by atoms with E-state index in [1.165, 1.54) is 11.3 Å². The second-order valence-corrected chi connectivity index (χ2v) is 7.21. The Labute approximate surface area is 162 Å². The maximum atomic E-state index is 12.8. The van der Waals surface area contributed by atoms with Crippen LogP contribution in [0.3, 0.4) is 0 Å². The predicted octanol–water partition coefficient (Wildman–Crippen LogP) is 2.62. The fourth-order valence-electron chi connectivity index (χ4n) is 3.10. The molecular formula is C20H21N5O3. The van der Waals surface area contributed by atoms with Crippen LogP contribution in [0.15, 0.2) is 36.8 Å². The number of hydrogen-bond donors (Lipinski definition) is 1. The highest BCUT2D eigenvalue weighted by atomic mass is 16.7. The van der Waals surface area contributed by atoms with Gasteiger partial charge in [-0.1, -0.05) is 13.0 Å². The monoisotopic (exact) mass is 379 g/mol. The lowest BCUT2D eigenvalue weighted by Gasteiger charge is -2.15. The fourth-order valence-corrected chi connectivity index (χ4v) is 3.10. The lowest BCUT2D eigenvalue weighted by Crippen LogP contribution is -2.27. The molecule has 2 amide bonds. The molecule has 1 fully saturated rings. The molecule has 2 aromatic heterocycles. The van der Waals surface area contributed by atoms with Gasteiger partial charge in [-0.2, -0.15) is 5.10 Å². The average molecular weight is 379 g/mol. The Kier molecular flexibility index (Phi) is 4.56. The van der Waals surface area contributed by atoms with Gasteiger partial charge in [-0.25, -0.2) is 14.6 Å². The van der Waals surface area contributed by atoms with Gasteiger partial charge in [0.2, 0.25) is 0 Å². The Morgan fingerprint density at radius 2 is 2.07 bits per heavy atom. The molecule has 8 heteroatoms. The number of hydroxylamine groups is 2. The molecule has 0 saturated carbocycles. The molecule has 1 aromatic carbocycles. The number of aromatic nitrogens is 3. The number of carbonyl (C=O) groups is 2. The molecule has 1 saturated heterocycles. The number of hydrogen-bond acceptors (Lipinski definition) is 5. The van der Waals surface area contributed by atoms with Crippen molar-refractivity contribution < 1.29 is 14.4 Å². The highest BCUT2D eigenvalue weighted by molar-refractivity contribution is 6.09. The molecular weight excluding hydrogens is 358 g/mol. The standard InChI is InChI=1S/C20H21N5O3/c1-12-7-21-18-16(8-22-24(18)9-12)19(26)23-17-6-15(5-4-14(17)3)20(27)25-10-13(2)11-28-25/h4-9,13H,10-11H2,1-3H3,(H,23,26). The van der Waals surface area contributed by atoms with Gasteiger partial charge in [0.25, 0.3) is 11.8 Å². The highest BCUT2D eigenvalue weighted by Crippen LogP contribution is 2.22. The van der Waals surface area contributed by atoms with Gasteiger partial charge in [-0.05, 0) is 37.1 Å². The van der Waals surface area contributed by atoms with Gasteiger partial charge in [0.1, 0.15) is 5.56 Å². The van der Waals surface area contributed by atoms with E-state index in [9.17, 15) is 9.59 Å². The van der Waals surface area contributed by atoms with Gasteiger partial charge in [0.15, 0.2) is 5.65 Å². The van der Waals surface area contributed by atoms with Crippen LogP contribution in [-0.2, 0) is 4.84 Å². The number of carbonyl (C=O) groups excluding carboxylic acids is 2. The summed E-state index contributed by atoms with van der Waals surface area (Å²) in [6, 6.07) is 5.21. The van der Waals surface area contributed by atoms with Crippen LogP contribution in [0.4, 0.5) is 5.69 Å². The van der Waals surface area contributed by atoms with Crippen LogP contribution in [0.25, 0.3) is 5.65 Å². The summed E-state index contributed by atoms with van der Waals surface area (Å²) < 4.78 is 1.57. The van der Waals surface area contributed by atoms with Crippen LogP contribution in [-0.4, -0.2) is 44.6 Å². The van der Waals surface area contributed by atoms with Crippen molar-refractivity contribution in [1.82, 2.24) is 19.7 Å². The second kappa shape index (κ2) is 7.05. The van der Waals surface area contributed by atoms with E-state index >= 15 is 0 Å². The molecule has 8 nitrogen and oxygen atoms in total. The summed E-state index contributed by atoms with van der Waals surface area (Å²) in [6.07, 6.45) is 4.98. The van der Waals surface area contributed by atoms with Crippen LogP contribution < -0.4 is 5.32 Å². The summed E-state index contributed by atoms with van der Waals surface area (Å²) in [5.74, 6) is -0.238. The lowest BCUT2D eigenvalue weighted by atomic mass is 10.1. The second-order valence-electron chi connectivity index (χ2n) is 7.21. The van der Waals surface area contributed by atoms with Crippen molar-refractivity contribution in [3.05, 3.63) is 59.0 Å². The van der Waals surface area contributed by atoms with Crippen LogP contribution in [0.5, 0.6) is 0 Å². The molecule has 28 heavy (non-hydrogen) atoms. The van der Waals surface area contributed by atoms with Crippen molar-refractivity contribution in [3.8, 4) is 0 Å². The van der Waals surface area contributed by atoms with Crippen LogP contribution in [0.1, 0.15) is 38.8 Å². The average Bonchev–Trinajstić information content (AvgIpc) is 3.28. The summed E-state index contributed by atoms with van der Waals surface area (Å²) in [6.45, 7) is 6.89. The van der Waals surface area contributed by atoms with Crippen LogP contribution in [0, 0.1) is 19.8 Å². The van der Waals surface area contributed by atoms with E-state index in [0.717, 1.165) is 11.1 Å². The van der Waals surface area contributed by atoms with Gasteiger partial charge < -0.3 is 5.32 Å². The molecule has 3 aromatic rings. The van der Waals surface area contributed by atoms with E-state index < -0.39 is 0 Å². The first-order chi connectivity index (χ1) is 13.4. The number of nitrogens with zero attached hydrogens (tertiary/aromatic N) is 4. The SMILES string of the molecule is Cc1cnc2c(C(=O)Nc3cc(C(=O)N4CC(C)CO4)ccc3C)cnn2c1. The number of amides is 2. The molecule has 1 aliphatic heterocycles. The lowest BCUT2D eigenvalue weighted by molar-refractivity contribution is -0.0772. The summed E-state index contributed by atoms with van der Waals surface area (Å²) in [5, 5.41) is 8.43. The van der Waals surface area contributed by atoms with Crippen molar-refractivity contribution in [1.29, 1.82) is 0 Å². The third-order valence-corrected chi connectivity index (χ3v) is 4.68. The normalized spacial score (nSPS) is 16.5. The minimum atomic E-state index is -0.329.